The largest absolute Gasteiger partial charge is 0.573 e. The second-order valence-corrected chi connectivity index (χ2v) is 7.73. The fourth-order valence-electron chi connectivity index (χ4n) is 2.80. The lowest BCUT2D eigenvalue weighted by atomic mass is 10.0. The van der Waals surface area contributed by atoms with Crippen molar-refractivity contribution < 1.29 is 32.2 Å². The Morgan fingerprint density at radius 3 is 1.77 bits per heavy atom. The van der Waals surface area contributed by atoms with Gasteiger partial charge in [-0.3, -0.25) is 4.79 Å². The molecule has 0 saturated heterocycles. The van der Waals surface area contributed by atoms with Crippen LogP contribution in [0.5, 0.6) is 23.0 Å². The Kier molecular flexibility index (Phi) is 6.24. The Balaban J connectivity index is 1.82. The van der Waals surface area contributed by atoms with Crippen molar-refractivity contribution in [3.63, 3.8) is 0 Å². The minimum Gasteiger partial charge on any atom is -0.488 e. The smallest absolute Gasteiger partial charge is 0.488 e. The number of rotatable bonds is 6. The first kappa shape index (κ1) is 22.2. The number of aldehydes is 1. The summed E-state index contributed by atoms with van der Waals surface area (Å²) in [5.41, 5.74) is 1.33. The predicted octanol–water partition coefficient (Wildman–Crippen LogP) is 7.03. The van der Waals surface area contributed by atoms with E-state index in [1.54, 1.807) is 42.5 Å². The Bertz CT molecular complexity index is 1030. The van der Waals surface area contributed by atoms with E-state index in [0.29, 0.717) is 40.2 Å². The fourth-order valence-corrected chi connectivity index (χ4v) is 2.80. The van der Waals surface area contributed by atoms with Crippen molar-refractivity contribution in [1.82, 2.24) is 0 Å². The molecule has 0 unspecified atom stereocenters. The molecular formula is C24H21F3O4. The summed E-state index contributed by atoms with van der Waals surface area (Å²) >= 11 is 0. The first-order chi connectivity index (χ1) is 14.5. The predicted molar refractivity (Wildman–Crippen MR) is 111 cm³/mol. The van der Waals surface area contributed by atoms with Gasteiger partial charge < -0.3 is 14.2 Å². The van der Waals surface area contributed by atoms with E-state index in [1.807, 2.05) is 20.8 Å². The molecule has 0 heterocycles. The van der Waals surface area contributed by atoms with Crippen molar-refractivity contribution in [3.8, 4) is 34.1 Å². The van der Waals surface area contributed by atoms with Crippen molar-refractivity contribution in [3.05, 3.63) is 72.3 Å². The van der Waals surface area contributed by atoms with Crippen LogP contribution >= 0.6 is 0 Å². The first-order valence-corrected chi connectivity index (χ1v) is 9.45. The van der Waals surface area contributed by atoms with E-state index in [1.165, 1.54) is 24.3 Å². The average molecular weight is 430 g/mol. The monoisotopic (exact) mass is 430 g/mol. The highest BCUT2D eigenvalue weighted by atomic mass is 19.4. The Labute approximate surface area is 178 Å². The van der Waals surface area contributed by atoms with Gasteiger partial charge in [0.15, 0.2) is 6.29 Å². The van der Waals surface area contributed by atoms with Gasteiger partial charge in [0.25, 0.3) is 0 Å². The molecule has 0 atom stereocenters. The fraction of sp³-hybridized carbons (Fsp3) is 0.208. The van der Waals surface area contributed by atoms with Crippen molar-refractivity contribution >= 4 is 6.29 Å². The van der Waals surface area contributed by atoms with Crippen LogP contribution in [0, 0.1) is 0 Å². The lowest BCUT2D eigenvalue weighted by molar-refractivity contribution is -0.274. The van der Waals surface area contributed by atoms with Crippen LogP contribution in [0.25, 0.3) is 11.1 Å². The van der Waals surface area contributed by atoms with Crippen LogP contribution in [0.15, 0.2) is 66.7 Å². The number of benzene rings is 3. The van der Waals surface area contributed by atoms with Crippen molar-refractivity contribution in [2.45, 2.75) is 32.7 Å². The molecule has 0 amide bonds. The second-order valence-electron chi connectivity index (χ2n) is 7.73. The minimum absolute atomic E-state index is 0.310. The van der Waals surface area contributed by atoms with Crippen molar-refractivity contribution in [2.24, 2.45) is 0 Å². The molecule has 0 saturated carbocycles. The van der Waals surface area contributed by atoms with E-state index in [2.05, 4.69) is 4.74 Å². The summed E-state index contributed by atoms with van der Waals surface area (Å²) in [6.45, 7) is 5.84. The zero-order valence-electron chi connectivity index (χ0n) is 17.2. The molecule has 0 fully saturated rings. The molecule has 162 valence electrons. The lowest BCUT2D eigenvalue weighted by Gasteiger charge is -2.21. The molecular weight excluding hydrogens is 409 g/mol. The molecule has 4 nitrogen and oxygen atoms in total. The molecule has 3 rings (SSSR count). The molecule has 7 heteroatoms. The van der Waals surface area contributed by atoms with Crippen LogP contribution in [0.3, 0.4) is 0 Å². The Morgan fingerprint density at radius 2 is 1.23 bits per heavy atom. The van der Waals surface area contributed by atoms with Gasteiger partial charge in [-0.2, -0.15) is 0 Å². The summed E-state index contributed by atoms with van der Waals surface area (Å²) in [5.74, 6) is 1.21. The topological polar surface area (TPSA) is 44.8 Å². The maximum atomic E-state index is 12.3. The number of hydrogen-bond acceptors (Lipinski definition) is 4. The lowest BCUT2D eigenvalue weighted by Crippen LogP contribution is -2.22. The maximum Gasteiger partial charge on any atom is 0.573 e. The van der Waals surface area contributed by atoms with Gasteiger partial charge in [0, 0.05) is 0 Å². The normalized spacial score (nSPS) is 11.7. The molecule has 3 aromatic carbocycles. The summed E-state index contributed by atoms with van der Waals surface area (Å²) in [6, 6.07) is 17.4. The van der Waals surface area contributed by atoms with Gasteiger partial charge in [-0.15, -0.1) is 13.2 Å². The molecule has 31 heavy (non-hydrogen) atoms. The number of halogens is 3. The van der Waals surface area contributed by atoms with Gasteiger partial charge in [-0.1, -0.05) is 18.2 Å². The standard InChI is InChI=1S/C24H21F3O4/c1-23(2,3)30-20-12-10-19(11-13-20)29-22-14-17(4-5-18(22)15-28)16-6-8-21(9-7-16)31-24(25,26)27/h4-15H,1-3H3. The van der Waals surface area contributed by atoms with Gasteiger partial charge in [0.05, 0.1) is 5.56 Å². The highest BCUT2D eigenvalue weighted by molar-refractivity contribution is 5.82. The van der Waals surface area contributed by atoms with Gasteiger partial charge in [0.2, 0.25) is 0 Å². The van der Waals surface area contributed by atoms with Crippen LogP contribution in [-0.4, -0.2) is 18.2 Å². The van der Waals surface area contributed by atoms with E-state index in [9.17, 15) is 18.0 Å². The molecule has 0 N–H and O–H groups in total. The van der Waals surface area contributed by atoms with Crippen molar-refractivity contribution in [2.75, 3.05) is 0 Å². The SMILES string of the molecule is CC(C)(C)Oc1ccc(Oc2cc(-c3ccc(OC(F)(F)F)cc3)ccc2C=O)cc1. The van der Waals surface area contributed by atoms with Crippen LogP contribution < -0.4 is 14.2 Å². The molecule has 0 aliphatic heterocycles. The third-order valence-electron chi connectivity index (χ3n) is 4.04. The molecule has 0 aliphatic rings. The van der Waals surface area contributed by atoms with Crippen LogP contribution in [0.4, 0.5) is 13.2 Å². The molecule has 0 spiro atoms. The quantitative estimate of drug-likeness (QED) is 0.394. The Morgan fingerprint density at radius 1 is 0.710 bits per heavy atom. The maximum absolute atomic E-state index is 12.3. The third-order valence-corrected chi connectivity index (χ3v) is 4.04. The summed E-state index contributed by atoms with van der Waals surface area (Å²) in [7, 11) is 0. The minimum atomic E-state index is -4.75. The number of carbonyl (C=O) groups excluding carboxylic acids is 1. The second kappa shape index (κ2) is 8.71. The van der Waals surface area contributed by atoms with Gasteiger partial charge in [-0.05, 0) is 80.4 Å². The summed E-state index contributed by atoms with van der Waals surface area (Å²) in [5, 5.41) is 0. The molecule has 3 aromatic rings. The number of ether oxygens (including phenoxy) is 3. The highest BCUT2D eigenvalue weighted by Crippen LogP contribution is 2.32. The van der Waals surface area contributed by atoms with E-state index in [-0.39, 0.29) is 11.4 Å². The van der Waals surface area contributed by atoms with E-state index >= 15 is 0 Å². The highest BCUT2D eigenvalue weighted by Gasteiger charge is 2.31. The molecule has 0 bridgehead atoms. The number of hydrogen-bond donors (Lipinski definition) is 0. The average Bonchev–Trinajstić information content (AvgIpc) is 2.68. The summed E-state index contributed by atoms with van der Waals surface area (Å²) < 4.78 is 52.5. The van der Waals surface area contributed by atoms with E-state index < -0.39 is 6.36 Å². The zero-order chi connectivity index (χ0) is 22.6. The summed E-state index contributed by atoms with van der Waals surface area (Å²) in [4.78, 5) is 11.4. The molecule has 0 radical (unpaired) electrons. The zero-order valence-corrected chi connectivity index (χ0v) is 17.2. The Hall–Kier alpha value is -3.48. The van der Waals surface area contributed by atoms with E-state index in [0.717, 1.165) is 0 Å². The molecule has 0 aliphatic carbocycles. The van der Waals surface area contributed by atoms with E-state index in [4.69, 9.17) is 9.47 Å². The van der Waals surface area contributed by atoms with Crippen LogP contribution in [-0.2, 0) is 0 Å². The van der Waals surface area contributed by atoms with Crippen LogP contribution in [0.1, 0.15) is 31.1 Å². The van der Waals surface area contributed by atoms with Gasteiger partial charge in [-0.25, -0.2) is 0 Å². The third kappa shape index (κ3) is 6.50. The first-order valence-electron chi connectivity index (χ1n) is 9.45. The van der Waals surface area contributed by atoms with Gasteiger partial charge in [0.1, 0.15) is 28.6 Å². The van der Waals surface area contributed by atoms with Crippen LogP contribution in [0.2, 0.25) is 0 Å². The van der Waals surface area contributed by atoms with Gasteiger partial charge >= 0.3 is 6.36 Å². The van der Waals surface area contributed by atoms with Crippen molar-refractivity contribution in [1.29, 1.82) is 0 Å². The number of alkyl halides is 3. The summed E-state index contributed by atoms with van der Waals surface area (Å²) in [6.07, 6.45) is -4.07. The number of carbonyl (C=O) groups is 1. The molecule has 0 aromatic heterocycles.